The van der Waals surface area contributed by atoms with E-state index in [1.165, 1.54) is 25.2 Å². The minimum atomic E-state index is -3.79. The number of aromatic nitrogens is 2. The zero-order valence-corrected chi connectivity index (χ0v) is 30.8. The Labute approximate surface area is 319 Å². The Bertz CT molecular complexity index is 1940. The highest BCUT2D eigenvalue weighted by Crippen LogP contribution is 2.31. The van der Waals surface area contributed by atoms with E-state index in [-0.39, 0.29) is 23.4 Å². The molecule has 3 aliphatic rings. The van der Waals surface area contributed by atoms with Gasteiger partial charge in [-0.2, -0.15) is 0 Å². The first kappa shape index (κ1) is 43.6. The first-order valence-corrected chi connectivity index (χ1v) is 18.9. The average Bonchev–Trinajstić information content (AvgIpc) is 3.18. The normalized spacial score (nSPS) is 36.4. The van der Waals surface area contributed by atoms with Gasteiger partial charge in [-0.05, 0) is 36.8 Å². The van der Waals surface area contributed by atoms with E-state index in [1.54, 1.807) is 30.3 Å². The van der Waals surface area contributed by atoms with E-state index >= 15 is 0 Å². The Morgan fingerprint density at radius 1 is 0.750 bits per heavy atom. The van der Waals surface area contributed by atoms with Gasteiger partial charge in [0, 0.05) is 25.7 Å². The fourth-order valence-electron chi connectivity index (χ4n) is 6.59. The van der Waals surface area contributed by atoms with E-state index in [0.29, 0.717) is 11.2 Å². The van der Waals surface area contributed by atoms with Gasteiger partial charge in [-0.25, -0.2) is 8.42 Å². The summed E-state index contributed by atoms with van der Waals surface area (Å²) in [7, 11) is -2.34. The van der Waals surface area contributed by atoms with Crippen LogP contribution in [-0.4, -0.2) is 166 Å². The number of fused-ring (bicyclic) bond motifs is 1. The standard InChI is InChI=1S/C18H36N4O11.C15H13N3O4S/c19-2-6-10(25)12(27)13(28)18(30-6)33-16-5(21)1-4(20)15(14(16)29)32-17-11(26)8(22)9(24)7(3-23)31-17;1-18(10-5-3-2-4-6-10)23(21,22)11-7-8-12-13(9-11)17-15(20)14(19)16-12/h4-18,23-29H,1-3,19-22H2;2-9H,1H3,(H,16,19)(H,17,20)/t4-,5+,6-,7-,8+,9-,10-,11-,12+,13-,14-,15+,16-,17-,18-;/m1./s1. The number of H-pyrrole nitrogens is 2. The van der Waals surface area contributed by atoms with E-state index < -0.39 is 119 Å². The van der Waals surface area contributed by atoms with Crippen LogP contribution in [0.5, 0.6) is 0 Å². The van der Waals surface area contributed by atoms with Gasteiger partial charge < -0.3 is 87.6 Å². The molecule has 3 fully saturated rings. The summed E-state index contributed by atoms with van der Waals surface area (Å²) < 4.78 is 48.7. The van der Waals surface area contributed by atoms with E-state index in [9.17, 15) is 53.8 Å². The topological polar surface area (TPSA) is 386 Å². The monoisotopic (exact) mass is 815 g/mol. The van der Waals surface area contributed by atoms with Crippen LogP contribution in [0.2, 0.25) is 0 Å². The lowest BCUT2D eigenvalue weighted by molar-refractivity contribution is -0.332. The number of benzene rings is 2. The number of aliphatic hydroxyl groups excluding tert-OH is 7. The smallest absolute Gasteiger partial charge is 0.314 e. The second-order valence-electron chi connectivity index (χ2n) is 13.7. The lowest BCUT2D eigenvalue weighted by Gasteiger charge is -2.48. The molecule has 23 heteroatoms. The largest absolute Gasteiger partial charge is 0.394 e. The molecule has 0 unspecified atom stereocenters. The zero-order chi connectivity index (χ0) is 41.2. The molecule has 1 aliphatic carbocycles. The summed E-state index contributed by atoms with van der Waals surface area (Å²) in [6.07, 6.45) is -16.5. The number of ether oxygens (including phenoxy) is 4. The quantitative estimate of drug-likeness (QED) is 0.0893. The predicted octanol–water partition coefficient (Wildman–Crippen LogP) is -6.25. The molecule has 0 amide bonds. The molecule has 2 aliphatic heterocycles. The highest BCUT2D eigenvalue weighted by molar-refractivity contribution is 7.92. The van der Waals surface area contributed by atoms with Gasteiger partial charge in [0.05, 0.1) is 34.3 Å². The molecule has 312 valence electrons. The molecule has 22 nitrogen and oxygen atoms in total. The van der Waals surface area contributed by atoms with E-state index in [2.05, 4.69) is 9.97 Å². The second-order valence-corrected chi connectivity index (χ2v) is 15.7. The molecular formula is C33H49N7O15S. The van der Waals surface area contributed by atoms with Crippen LogP contribution in [0, 0.1) is 0 Å². The number of nitrogens with one attached hydrogen (secondary N) is 2. The molecule has 15 atom stereocenters. The molecular weight excluding hydrogens is 766 g/mol. The molecule has 0 radical (unpaired) electrons. The third-order valence-corrected chi connectivity index (χ3v) is 11.7. The van der Waals surface area contributed by atoms with Gasteiger partial charge in [-0.1, -0.05) is 18.2 Å². The Kier molecular flexibility index (Phi) is 14.0. The molecule has 17 N–H and O–H groups in total. The van der Waals surface area contributed by atoms with Crippen LogP contribution in [0.1, 0.15) is 6.42 Å². The van der Waals surface area contributed by atoms with Crippen molar-refractivity contribution in [1.29, 1.82) is 0 Å². The van der Waals surface area contributed by atoms with Crippen LogP contribution < -0.4 is 38.4 Å². The lowest BCUT2D eigenvalue weighted by Crippen LogP contribution is -2.68. The van der Waals surface area contributed by atoms with Crippen molar-refractivity contribution in [2.75, 3.05) is 24.5 Å². The fourth-order valence-corrected chi connectivity index (χ4v) is 7.81. The Hall–Kier alpha value is -3.47. The highest BCUT2D eigenvalue weighted by atomic mass is 32.2. The van der Waals surface area contributed by atoms with Crippen molar-refractivity contribution in [1.82, 2.24) is 9.97 Å². The van der Waals surface area contributed by atoms with Crippen molar-refractivity contribution in [3.05, 3.63) is 69.2 Å². The molecule has 0 spiro atoms. The van der Waals surface area contributed by atoms with Crippen molar-refractivity contribution in [3.63, 3.8) is 0 Å². The molecule has 1 aromatic heterocycles. The molecule has 2 aromatic carbocycles. The van der Waals surface area contributed by atoms with E-state index in [4.69, 9.17) is 41.9 Å². The molecule has 0 bridgehead atoms. The maximum Gasteiger partial charge on any atom is 0.314 e. The maximum atomic E-state index is 12.7. The number of sulfonamides is 1. The first-order chi connectivity index (χ1) is 26.4. The number of hydrogen-bond acceptors (Lipinski definition) is 19. The van der Waals surface area contributed by atoms with Crippen molar-refractivity contribution in [3.8, 4) is 0 Å². The van der Waals surface area contributed by atoms with Crippen molar-refractivity contribution in [2.45, 2.75) is 103 Å². The summed E-state index contributed by atoms with van der Waals surface area (Å²) in [5.74, 6) is 0. The van der Waals surface area contributed by atoms with Gasteiger partial charge in [0.25, 0.3) is 10.0 Å². The van der Waals surface area contributed by atoms with Crippen LogP contribution >= 0.6 is 0 Å². The summed E-state index contributed by atoms with van der Waals surface area (Å²) in [5.41, 5.74) is 23.0. The van der Waals surface area contributed by atoms with Gasteiger partial charge in [0.1, 0.15) is 61.0 Å². The number of rotatable bonds is 9. The van der Waals surface area contributed by atoms with Gasteiger partial charge in [0.15, 0.2) is 12.6 Å². The van der Waals surface area contributed by atoms with E-state index in [0.717, 1.165) is 4.31 Å². The number of para-hydroxylation sites is 1. The Balaban J connectivity index is 0.000000228. The molecule has 3 aromatic rings. The number of aromatic amines is 2. The van der Waals surface area contributed by atoms with Gasteiger partial charge in [0.2, 0.25) is 0 Å². The fraction of sp³-hybridized carbons (Fsp3) is 0.576. The summed E-state index contributed by atoms with van der Waals surface area (Å²) >= 11 is 0. The third-order valence-electron chi connectivity index (χ3n) is 9.95. The summed E-state index contributed by atoms with van der Waals surface area (Å²) in [6.45, 7) is -0.763. The van der Waals surface area contributed by atoms with Crippen LogP contribution in [0.3, 0.4) is 0 Å². The molecule has 56 heavy (non-hydrogen) atoms. The SMILES string of the molecule is CN(c1ccccc1)S(=O)(=O)c1ccc2[nH]c(=O)c(=O)[nH]c2c1.NC[C@H]1O[C@H](O[C@H]2[C@H](O)[C@@H](O[C@H]3O[C@H](CO)[C@@H](O)[C@H](N)[C@H]3O)[C@H](N)C[C@@H]2N)[C@H](O)[C@@H](O)[C@@H]1O. The van der Waals surface area contributed by atoms with Gasteiger partial charge >= 0.3 is 11.1 Å². The lowest BCUT2D eigenvalue weighted by atomic mass is 9.84. The number of nitrogens with zero attached hydrogens (tertiary/aromatic N) is 1. The van der Waals surface area contributed by atoms with Crippen molar-refractivity contribution >= 4 is 26.7 Å². The average molecular weight is 816 g/mol. The molecule has 6 rings (SSSR count). The molecule has 1 saturated carbocycles. The maximum absolute atomic E-state index is 12.7. The van der Waals surface area contributed by atoms with E-state index in [1.807, 2.05) is 0 Å². The predicted molar refractivity (Wildman–Crippen MR) is 195 cm³/mol. The van der Waals surface area contributed by atoms with Crippen LogP contribution in [-0.2, 0) is 29.0 Å². The third kappa shape index (κ3) is 8.97. The van der Waals surface area contributed by atoms with Gasteiger partial charge in [-0.3, -0.25) is 13.9 Å². The van der Waals surface area contributed by atoms with Gasteiger partial charge in [-0.15, -0.1) is 0 Å². The second kappa shape index (κ2) is 18.0. The minimum absolute atomic E-state index is 0.0130. The van der Waals surface area contributed by atoms with Crippen LogP contribution in [0.25, 0.3) is 11.0 Å². The summed E-state index contributed by atoms with van der Waals surface area (Å²) in [5, 5.41) is 70.9. The number of aliphatic hydroxyl groups is 7. The highest BCUT2D eigenvalue weighted by Gasteiger charge is 2.51. The number of anilines is 1. The number of nitrogens with two attached hydrogens (primary N) is 4. The summed E-state index contributed by atoms with van der Waals surface area (Å²) in [4.78, 5) is 27.4. The number of hydrogen-bond donors (Lipinski definition) is 13. The minimum Gasteiger partial charge on any atom is -0.394 e. The summed E-state index contributed by atoms with van der Waals surface area (Å²) in [6, 6.07) is 9.91. The van der Waals surface area contributed by atoms with Crippen molar-refractivity contribution in [2.24, 2.45) is 22.9 Å². The zero-order valence-electron chi connectivity index (χ0n) is 30.0. The Morgan fingerprint density at radius 3 is 1.88 bits per heavy atom. The van der Waals surface area contributed by atoms with Crippen LogP contribution in [0.15, 0.2) is 63.0 Å². The Morgan fingerprint density at radius 2 is 1.30 bits per heavy atom. The first-order valence-electron chi connectivity index (χ1n) is 17.5. The van der Waals surface area contributed by atoms with Crippen molar-refractivity contribution < 1.29 is 63.1 Å². The molecule has 3 heterocycles. The van der Waals surface area contributed by atoms with Crippen LogP contribution in [0.4, 0.5) is 5.69 Å². The molecule has 2 saturated heterocycles.